The molecular formula is C13H15N3O. The summed E-state index contributed by atoms with van der Waals surface area (Å²) in [6.45, 7) is 0.577. The lowest BCUT2D eigenvalue weighted by molar-refractivity contribution is 0.185. The van der Waals surface area contributed by atoms with Gasteiger partial charge in [-0.2, -0.15) is 0 Å². The fourth-order valence-electron chi connectivity index (χ4n) is 1.69. The van der Waals surface area contributed by atoms with Crippen LogP contribution in [0.25, 0.3) is 0 Å². The van der Waals surface area contributed by atoms with E-state index in [1.807, 2.05) is 36.2 Å². The molecule has 0 spiro atoms. The van der Waals surface area contributed by atoms with Gasteiger partial charge in [-0.25, -0.2) is 9.97 Å². The summed E-state index contributed by atoms with van der Waals surface area (Å²) in [6.07, 6.45) is 3.47. The van der Waals surface area contributed by atoms with Crippen LogP contribution in [0, 0.1) is 0 Å². The molecule has 2 rings (SSSR count). The van der Waals surface area contributed by atoms with Gasteiger partial charge in [0.2, 0.25) is 5.95 Å². The van der Waals surface area contributed by atoms with Gasteiger partial charge in [0.15, 0.2) is 0 Å². The second-order valence-corrected chi connectivity index (χ2v) is 3.67. The zero-order chi connectivity index (χ0) is 12.1. The first-order valence-electron chi connectivity index (χ1n) is 5.40. The Morgan fingerprint density at radius 2 is 1.82 bits per heavy atom. The Hall–Kier alpha value is -1.94. The van der Waals surface area contributed by atoms with Crippen LogP contribution in [-0.2, 0) is 11.3 Å². The van der Waals surface area contributed by atoms with Crippen molar-refractivity contribution >= 4 is 11.6 Å². The highest BCUT2D eigenvalue weighted by atomic mass is 16.5. The van der Waals surface area contributed by atoms with Crippen LogP contribution in [0.3, 0.4) is 0 Å². The van der Waals surface area contributed by atoms with E-state index in [-0.39, 0.29) is 0 Å². The second kappa shape index (κ2) is 5.41. The van der Waals surface area contributed by atoms with Gasteiger partial charge in [-0.15, -0.1) is 0 Å². The third-order valence-electron chi connectivity index (χ3n) is 2.50. The standard InChI is InChI=1S/C13H15N3O/c1-16(13-14-8-5-9-15-13)12-7-4-3-6-11(12)10-17-2/h3-9H,10H2,1-2H3. The van der Waals surface area contributed by atoms with Crippen molar-refractivity contribution in [1.82, 2.24) is 9.97 Å². The molecule has 88 valence electrons. The molecule has 0 radical (unpaired) electrons. The Balaban J connectivity index is 2.33. The van der Waals surface area contributed by atoms with Crippen LogP contribution in [0.5, 0.6) is 0 Å². The van der Waals surface area contributed by atoms with E-state index in [1.54, 1.807) is 25.6 Å². The Kier molecular flexibility index (Phi) is 3.67. The van der Waals surface area contributed by atoms with Gasteiger partial charge < -0.3 is 9.64 Å². The van der Waals surface area contributed by atoms with Gasteiger partial charge in [0.1, 0.15) is 0 Å². The minimum atomic E-state index is 0.577. The summed E-state index contributed by atoms with van der Waals surface area (Å²) in [7, 11) is 3.64. The molecule has 0 saturated carbocycles. The molecule has 0 bridgehead atoms. The summed E-state index contributed by atoms with van der Waals surface area (Å²) < 4.78 is 5.19. The van der Waals surface area contributed by atoms with E-state index >= 15 is 0 Å². The zero-order valence-electron chi connectivity index (χ0n) is 10.00. The maximum Gasteiger partial charge on any atom is 0.229 e. The minimum absolute atomic E-state index is 0.577. The molecule has 0 unspecified atom stereocenters. The summed E-state index contributed by atoms with van der Waals surface area (Å²) >= 11 is 0. The normalized spacial score (nSPS) is 10.2. The van der Waals surface area contributed by atoms with Crippen LogP contribution < -0.4 is 4.90 Å². The average molecular weight is 229 g/mol. The fraction of sp³-hybridized carbons (Fsp3) is 0.231. The number of aromatic nitrogens is 2. The maximum atomic E-state index is 5.19. The number of hydrogen-bond donors (Lipinski definition) is 0. The van der Waals surface area contributed by atoms with E-state index in [2.05, 4.69) is 9.97 Å². The number of para-hydroxylation sites is 1. The third-order valence-corrected chi connectivity index (χ3v) is 2.50. The van der Waals surface area contributed by atoms with Crippen LogP contribution in [0.15, 0.2) is 42.7 Å². The molecule has 0 atom stereocenters. The molecule has 1 aromatic heterocycles. The van der Waals surface area contributed by atoms with Crippen molar-refractivity contribution in [3.8, 4) is 0 Å². The van der Waals surface area contributed by atoms with Crippen LogP contribution in [0.4, 0.5) is 11.6 Å². The molecule has 1 heterocycles. The van der Waals surface area contributed by atoms with Crippen molar-refractivity contribution in [2.24, 2.45) is 0 Å². The number of nitrogens with zero attached hydrogens (tertiary/aromatic N) is 3. The molecule has 0 saturated heterocycles. The Morgan fingerprint density at radius 3 is 2.53 bits per heavy atom. The minimum Gasteiger partial charge on any atom is -0.380 e. The summed E-state index contributed by atoms with van der Waals surface area (Å²) in [5, 5.41) is 0. The number of benzene rings is 1. The molecule has 0 aliphatic rings. The van der Waals surface area contributed by atoms with Crippen molar-refractivity contribution in [2.45, 2.75) is 6.61 Å². The van der Waals surface area contributed by atoms with Gasteiger partial charge in [0.05, 0.1) is 6.61 Å². The highest BCUT2D eigenvalue weighted by molar-refractivity contribution is 5.60. The van der Waals surface area contributed by atoms with Crippen LogP contribution in [0.2, 0.25) is 0 Å². The number of anilines is 2. The topological polar surface area (TPSA) is 38.2 Å². The molecule has 2 aromatic rings. The van der Waals surface area contributed by atoms with Gasteiger partial charge in [-0.1, -0.05) is 18.2 Å². The first-order chi connectivity index (χ1) is 8.33. The fourth-order valence-corrected chi connectivity index (χ4v) is 1.69. The second-order valence-electron chi connectivity index (χ2n) is 3.67. The van der Waals surface area contributed by atoms with Crippen molar-refractivity contribution in [3.63, 3.8) is 0 Å². The lowest BCUT2D eigenvalue weighted by atomic mass is 10.2. The molecular weight excluding hydrogens is 214 g/mol. The summed E-state index contributed by atoms with van der Waals surface area (Å²) in [4.78, 5) is 10.4. The van der Waals surface area contributed by atoms with Crippen molar-refractivity contribution in [2.75, 3.05) is 19.1 Å². The summed E-state index contributed by atoms with van der Waals surface area (Å²) in [5.41, 5.74) is 2.17. The first-order valence-corrected chi connectivity index (χ1v) is 5.40. The van der Waals surface area contributed by atoms with E-state index in [4.69, 9.17) is 4.74 Å². The van der Waals surface area contributed by atoms with Crippen LogP contribution in [-0.4, -0.2) is 24.1 Å². The maximum absolute atomic E-state index is 5.19. The lowest BCUT2D eigenvalue weighted by Gasteiger charge is -2.19. The Bertz CT molecular complexity index is 473. The van der Waals surface area contributed by atoms with Gasteiger partial charge in [0, 0.05) is 37.8 Å². The quantitative estimate of drug-likeness (QED) is 0.806. The predicted molar refractivity (Wildman–Crippen MR) is 67.3 cm³/mol. The molecule has 0 aliphatic carbocycles. The van der Waals surface area contributed by atoms with Gasteiger partial charge in [-0.3, -0.25) is 0 Å². The van der Waals surface area contributed by atoms with E-state index in [9.17, 15) is 0 Å². The highest BCUT2D eigenvalue weighted by Crippen LogP contribution is 2.24. The Labute approximate surface area is 101 Å². The predicted octanol–water partition coefficient (Wildman–Crippen LogP) is 2.39. The lowest BCUT2D eigenvalue weighted by Crippen LogP contribution is -2.14. The summed E-state index contributed by atoms with van der Waals surface area (Å²) in [6, 6.07) is 9.87. The van der Waals surface area contributed by atoms with Gasteiger partial charge >= 0.3 is 0 Å². The van der Waals surface area contributed by atoms with Crippen molar-refractivity contribution in [3.05, 3.63) is 48.3 Å². The molecule has 0 aliphatic heterocycles. The van der Waals surface area contributed by atoms with Crippen molar-refractivity contribution in [1.29, 1.82) is 0 Å². The smallest absolute Gasteiger partial charge is 0.229 e. The highest BCUT2D eigenvalue weighted by Gasteiger charge is 2.09. The van der Waals surface area contributed by atoms with Crippen molar-refractivity contribution < 1.29 is 4.74 Å². The molecule has 17 heavy (non-hydrogen) atoms. The Morgan fingerprint density at radius 1 is 1.12 bits per heavy atom. The van der Waals surface area contributed by atoms with E-state index in [1.165, 1.54) is 0 Å². The molecule has 4 nitrogen and oxygen atoms in total. The van der Waals surface area contributed by atoms with E-state index < -0.39 is 0 Å². The molecule has 0 N–H and O–H groups in total. The number of methoxy groups -OCH3 is 1. The van der Waals surface area contributed by atoms with E-state index in [0.717, 1.165) is 11.3 Å². The van der Waals surface area contributed by atoms with E-state index in [0.29, 0.717) is 12.6 Å². The third kappa shape index (κ3) is 2.60. The molecule has 1 aromatic carbocycles. The first kappa shape index (κ1) is 11.5. The summed E-state index contributed by atoms with van der Waals surface area (Å²) in [5.74, 6) is 0.677. The van der Waals surface area contributed by atoms with Crippen LogP contribution >= 0.6 is 0 Å². The number of rotatable bonds is 4. The van der Waals surface area contributed by atoms with Gasteiger partial charge in [0.25, 0.3) is 0 Å². The van der Waals surface area contributed by atoms with Gasteiger partial charge in [-0.05, 0) is 12.1 Å². The zero-order valence-corrected chi connectivity index (χ0v) is 10.00. The number of ether oxygens (including phenoxy) is 1. The monoisotopic (exact) mass is 229 g/mol. The average Bonchev–Trinajstić information content (AvgIpc) is 2.40. The molecule has 0 fully saturated rings. The largest absolute Gasteiger partial charge is 0.380 e. The van der Waals surface area contributed by atoms with Crippen LogP contribution in [0.1, 0.15) is 5.56 Å². The number of hydrogen-bond acceptors (Lipinski definition) is 4. The SMILES string of the molecule is COCc1ccccc1N(C)c1ncccn1. The molecule has 4 heteroatoms. The molecule has 0 amide bonds.